The molecule has 0 unspecified atom stereocenters. The van der Waals surface area contributed by atoms with Crippen molar-refractivity contribution in [1.29, 1.82) is 0 Å². The van der Waals surface area contributed by atoms with Gasteiger partial charge in [0.1, 0.15) is 0 Å². The lowest BCUT2D eigenvalue weighted by Gasteiger charge is -2.25. The molecule has 0 rings (SSSR count). The summed E-state index contributed by atoms with van der Waals surface area (Å²) in [6, 6.07) is -0.110. The van der Waals surface area contributed by atoms with E-state index >= 15 is 0 Å². The predicted molar refractivity (Wildman–Crippen MR) is 58.1 cm³/mol. The van der Waals surface area contributed by atoms with E-state index in [4.69, 9.17) is 5.73 Å². The molecule has 0 heterocycles. The molecule has 86 valence electrons. The van der Waals surface area contributed by atoms with Crippen LogP contribution < -0.4 is 15.2 Å². The summed E-state index contributed by atoms with van der Waals surface area (Å²) >= 11 is 0. The van der Waals surface area contributed by atoms with Gasteiger partial charge in [-0.2, -0.15) is 17.9 Å². The molecule has 4 N–H and O–H groups in total. The highest BCUT2D eigenvalue weighted by atomic mass is 32.2. The molecule has 0 atom stereocenters. The van der Waals surface area contributed by atoms with Crippen LogP contribution in [0.25, 0.3) is 0 Å². The van der Waals surface area contributed by atoms with E-state index in [1.807, 2.05) is 0 Å². The van der Waals surface area contributed by atoms with Crippen molar-refractivity contribution in [2.75, 3.05) is 6.54 Å². The average Bonchev–Trinajstić information content (AvgIpc) is 1.78. The number of nitrogens with two attached hydrogens (primary N) is 1. The first-order chi connectivity index (χ1) is 6.18. The van der Waals surface area contributed by atoms with Crippen molar-refractivity contribution < 1.29 is 8.42 Å². The fraction of sp³-hybridized carbons (Fsp3) is 1.00. The third-order valence-electron chi connectivity index (χ3n) is 1.57. The lowest BCUT2D eigenvalue weighted by atomic mass is 10.0. The van der Waals surface area contributed by atoms with Crippen LogP contribution in [0.15, 0.2) is 0 Å². The van der Waals surface area contributed by atoms with Gasteiger partial charge in [0.25, 0.3) is 10.2 Å². The van der Waals surface area contributed by atoms with Gasteiger partial charge in [-0.3, -0.25) is 0 Å². The van der Waals surface area contributed by atoms with Crippen LogP contribution in [0, 0.1) is 0 Å². The highest BCUT2D eigenvalue weighted by Crippen LogP contribution is 2.07. The van der Waals surface area contributed by atoms with Gasteiger partial charge in [0.15, 0.2) is 0 Å². The van der Waals surface area contributed by atoms with Gasteiger partial charge in [-0.05, 0) is 40.7 Å². The summed E-state index contributed by atoms with van der Waals surface area (Å²) in [6.07, 6.45) is 0.603. The Kier molecular flexibility index (Phi) is 5.00. The van der Waals surface area contributed by atoms with Crippen molar-refractivity contribution in [3.63, 3.8) is 0 Å². The first-order valence-corrected chi connectivity index (χ1v) is 6.18. The molecule has 0 aliphatic rings. The molecule has 5 nitrogen and oxygen atoms in total. The maximum absolute atomic E-state index is 11.5. The van der Waals surface area contributed by atoms with E-state index in [2.05, 4.69) is 9.44 Å². The first kappa shape index (κ1) is 13.8. The second-order valence-corrected chi connectivity index (χ2v) is 5.75. The van der Waals surface area contributed by atoms with Gasteiger partial charge in [-0.25, -0.2) is 0 Å². The number of hydrogen-bond acceptors (Lipinski definition) is 3. The highest BCUT2D eigenvalue weighted by molar-refractivity contribution is 7.87. The van der Waals surface area contributed by atoms with Crippen molar-refractivity contribution in [2.45, 2.75) is 45.7 Å². The number of hydrogen-bond donors (Lipinski definition) is 3. The van der Waals surface area contributed by atoms with Gasteiger partial charge in [0.05, 0.1) is 0 Å². The van der Waals surface area contributed by atoms with E-state index in [0.717, 1.165) is 0 Å². The Morgan fingerprint density at radius 1 is 1.36 bits per heavy atom. The fourth-order valence-electron chi connectivity index (χ4n) is 1.12. The maximum Gasteiger partial charge on any atom is 0.277 e. The number of nitrogens with one attached hydrogen (secondary N) is 2. The van der Waals surface area contributed by atoms with Gasteiger partial charge >= 0.3 is 0 Å². The van der Waals surface area contributed by atoms with Crippen LogP contribution in [-0.2, 0) is 10.2 Å². The van der Waals surface area contributed by atoms with Gasteiger partial charge in [0.2, 0.25) is 0 Å². The smallest absolute Gasteiger partial charge is 0.277 e. The maximum atomic E-state index is 11.5. The van der Waals surface area contributed by atoms with Gasteiger partial charge in [0, 0.05) is 11.6 Å². The van der Waals surface area contributed by atoms with Crippen LogP contribution >= 0.6 is 0 Å². The van der Waals surface area contributed by atoms with Gasteiger partial charge in [-0.15, -0.1) is 0 Å². The van der Waals surface area contributed by atoms with E-state index in [9.17, 15) is 8.42 Å². The molecule has 0 spiro atoms. The zero-order valence-electron chi connectivity index (χ0n) is 9.29. The third kappa shape index (κ3) is 6.31. The highest BCUT2D eigenvalue weighted by Gasteiger charge is 2.24. The van der Waals surface area contributed by atoms with E-state index in [0.29, 0.717) is 13.0 Å². The molecule has 0 radical (unpaired) electrons. The van der Waals surface area contributed by atoms with Gasteiger partial charge < -0.3 is 5.73 Å². The molecule has 0 saturated heterocycles. The molecule has 0 aliphatic heterocycles. The van der Waals surface area contributed by atoms with E-state index < -0.39 is 15.7 Å². The molecule has 0 fully saturated rings. The van der Waals surface area contributed by atoms with Crippen LogP contribution in [0.2, 0.25) is 0 Å². The van der Waals surface area contributed by atoms with Crippen LogP contribution in [-0.4, -0.2) is 26.5 Å². The summed E-state index contributed by atoms with van der Waals surface area (Å²) < 4.78 is 27.9. The summed E-state index contributed by atoms with van der Waals surface area (Å²) in [5.41, 5.74) is 4.88. The molecular formula is C8H21N3O2S. The van der Waals surface area contributed by atoms with Crippen molar-refractivity contribution in [3.8, 4) is 0 Å². The number of rotatable bonds is 6. The Hall–Kier alpha value is -0.170. The molecule has 0 bridgehead atoms. The van der Waals surface area contributed by atoms with Crippen molar-refractivity contribution in [3.05, 3.63) is 0 Å². The molecule has 0 aromatic rings. The Morgan fingerprint density at radius 3 is 2.21 bits per heavy atom. The molecule has 6 heteroatoms. The van der Waals surface area contributed by atoms with Crippen molar-refractivity contribution in [1.82, 2.24) is 9.44 Å². The van der Waals surface area contributed by atoms with E-state index in [1.165, 1.54) is 0 Å². The molecule has 0 amide bonds. The van der Waals surface area contributed by atoms with Crippen LogP contribution in [0.5, 0.6) is 0 Å². The Morgan fingerprint density at radius 2 is 1.86 bits per heavy atom. The summed E-state index contributed by atoms with van der Waals surface area (Å²) in [5.74, 6) is 0. The van der Waals surface area contributed by atoms with E-state index in [-0.39, 0.29) is 6.04 Å². The Bertz CT molecular complexity index is 260. The van der Waals surface area contributed by atoms with Crippen LogP contribution in [0.1, 0.15) is 34.1 Å². The molecule has 0 aromatic heterocycles. The lowest BCUT2D eigenvalue weighted by Crippen LogP contribution is -2.51. The monoisotopic (exact) mass is 223 g/mol. The summed E-state index contributed by atoms with van der Waals surface area (Å²) in [7, 11) is -3.42. The molecule has 0 saturated carbocycles. The van der Waals surface area contributed by atoms with Crippen LogP contribution in [0.4, 0.5) is 0 Å². The average molecular weight is 223 g/mol. The zero-order valence-corrected chi connectivity index (χ0v) is 10.1. The molecule has 0 aromatic carbocycles. The predicted octanol–water partition coefficient (Wildman–Crippen LogP) is -0.0538. The Balaban J connectivity index is 4.35. The Labute approximate surface area is 86.6 Å². The first-order valence-electron chi connectivity index (χ1n) is 4.70. The summed E-state index contributed by atoms with van der Waals surface area (Å²) in [6.45, 7) is 7.61. The summed E-state index contributed by atoms with van der Waals surface area (Å²) in [4.78, 5) is 0. The third-order valence-corrected chi connectivity index (χ3v) is 3.17. The SMILES string of the molecule is CC(C)NS(=O)(=O)NC(C)(C)CCN. The van der Waals surface area contributed by atoms with Crippen molar-refractivity contribution >= 4 is 10.2 Å². The molecule has 14 heavy (non-hydrogen) atoms. The minimum Gasteiger partial charge on any atom is -0.330 e. The van der Waals surface area contributed by atoms with Gasteiger partial charge in [-0.1, -0.05) is 0 Å². The zero-order chi connectivity index (χ0) is 11.4. The lowest BCUT2D eigenvalue weighted by molar-refractivity contribution is 0.422. The fourth-order valence-corrected chi connectivity index (χ4v) is 2.62. The molecular weight excluding hydrogens is 202 g/mol. The second kappa shape index (κ2) is 5.06. The molecule has 0 aliphatic carbocycles. The van der Waals surface area contributed by atoms with E-state index in [1.54, 1.807) is 27.7 Å². The second-order valence-electron chi connectivity index (χ2n) is 4.30. The standard InChI is InChI=1S/C8H21N3O2S/c1-7(2)10-14(12,13)11-8(3,4)5-6-9/h7,10-11H,5-6,9H2,1-4H3. The van der Waals surface area contributed by atoms with Crippen LogP contribution in [0.3, 0.4) is 0 Å². The summed E-state index contributed by atoms with van der Waals surface area (Å²) in [5, 5.41) is 0. The van der Waals surface area contributed by atoms with Crippen molar-refractivity contribution in [2.24, 2.45) is 5.73 Å². The minimum absolute atomic E-state index is 0.110. The normalized spacial score (nSPS) is 13.6. The topological polar surface area (TPSA) is 84.2 Å². The quantitative estimate of drug-likeness (QED) is 0.590. The minimum atomic E-state index is -3.42. The largest absolute Gasteiger partial charge is 0.330 e.